The number of rotatable bonds is 3. The van der Waals surface area contributed by atoms with Gasteiger partial charge in [0.15, 0.2) is 0 Å². The number of H-pyrrole nitrogens is 1. The summed E-state index contributed by atoms with van der Waals surface area (Å²) in [6.07, 6.45) is 1.91. The predicted molar refractivity (Wildman–Crippen MR) is 59.2 cm³/mol. The SMILES string of the molecule is C=CCSc1cc2ccccc2[nH]1. The lowest BCUT2D eigenvalue weighted by Gasteiger charge is -1.90. The van der Waals surface area contributed by atoms with Crippen molar-refractivity contribution >= 4 is 22.7 Å². The van der Waals surface area contributed by atoms with Gasteiger partial charge in [0.05, 0.1) is 5.03 Å². The molecule has 2 aromatic rings. The highest BCUT2D eigenvalue weighted by atomic mass is 32.2. The molecule has 0 atom stereocenters. The fourth-order valence-electron chi connectivity index (χ4n) is 1.27. The van der Waals surface area contributed by atoms with E-state index in [1.165, 1.54) is 15.9 Å². The van der Waals surface area contributed by atoms with Crippen molar-refractivity contribution in [2.24, 2.45) is 0 Å². The Morgan fingerprint density at radius 1 is 1.38 bits per heavy atom. The molecule has 0 spiro atoms. The molecule has 0 aliphatic carbocycles. The van der Waals surface area contributed by atoms with Crippen LogP contribution in [0.5, 0.6) is 0 Å². The summed E-state index contributed by atoms with van der Waals surface area (Å²) in [5, 5.41) is 2.48. The van der Waals surface area contributed by atoms with Gasteiger partial charge in [-0.2, -0.15) is 0 Å². The molecule has 0 aliphatic heterocycles. The van der Waals surface area contributed by atoms with E-state index in [2.05, 4.69) is 35.8 Å². The number of fused-ring (bicyclic) bond motifs is 1. The van der Waals surface area contributed by atoms with Crippen molar-refractivity contribution in [3.05, 3.63) is 43.0 Å². The molecule has 0 radical (unpaired) electrons. The minimum absolute atomic E-state index is 0.951. The van der Waals surface area contributed by atoms with E-state index >= 15 is 0 Å². The van der Waals surface area contributed by atoms with Crippen LogP contribution < -0.4 is 0 Å². The van der Waals surface area contributed by atoms with Gasteiger partial charge in [-0.3, -0.25) is 0 Å². The quantitative estimate of drug-likeness (QED) is 0.577. The summed E-state index contributed by atoms with van der Waals surface area (Å²) in [5.41, 5.74) is 1.20. The van der Waals surface area contributed by atoms with Crippen LogP contribution in [0.25, 0.3) is 10.9 Å². The van der Waals surface area contributed by atoms with Gasteiger partial charge in [0.2, 0.25) is 0 Å². The van der Waals surface area contributed by atoms with Gasteiger partial charge in [0.1, 0.15) is 0 Å². The van der Waals surface area contributed by atoms with Crippen LogP contribution in [0.3, 0.4) is 0 Å². The molecule has 0 fully saturated rings. The number of para-hydroxylation sites is 1. The highest BCUT2D eigenvalue weighted by molar-refractivity contribution is 7.99. The second kappa shape index (κ2) is 3.71. The topological polar surface area (TPSA) is 15.8 Å². The van der Waals surface area contributed by atoms with Crippen LogP contribution in [-0.2, 0) is 0 Å². The molecule has 2 rings (SSSR count). The first-order valence-corrected chi connectivity index (χ1v) is 5.20. The Morgan fingerprint density at radius 2 is 2.23 bits per heavy atom. The largest absolute Gasteiger partial charge is 0.350 e. The third kappa shape index (κ3) is 1.78. The number of aromatic amines is 1. The maximum Gasteiger partial charge on any atom is 0.0735 e. The molecule has 1 aromatic heterocycles. The first-order valence-electron chi connectivity index (χ1n) is 4.21. The third-order valence-corrected chi connectivity index (χ3v) is 2.80. The van der Waals surface area contributed by atoms with Crippen LogP contribution in [0.4, 0.5) is 0 Å². The summed E-state index contributed by atoms with van der Waals surface area (Å²) in [6, 6.07) is 10.5. The molecule has 0 unspecified atom stereocenters. The molecule has 0 saturated heterocycles. The summed E-state index contributed by atoms with van der Waals surface area (Å²) >= 11 is 1.77. The lowest BCUT2D eigenvalue weighted by atomic mass is 10.3. The highest BCUT2D eigenvalue weighted by Crippen LogP contribution is 2.22. The van der Waals surface area contributed by atoms with Gasteiger partial charge in [-0.25, -0.2) is 0 Å². The fourth-order valence-corrected chi connectivity index (χ4v) is 1.96. The summed E-state index contributed by atoms with van der Waals surface area (Å²) in [4.78, 5) is 3.35. The fraction of sp³-hybridized carbons (Fsp3) is 0.0909. The number of hydrogen-bond donors (Lipinski definition) is 1. The predicted octanol–water partition coefficient (Wildman–Crippen LogP) is 3.45. The van der Waals surface area contributed by atoms with Gasteiger partial charge in [-0.05, 0) is 12.1 Å². The molecule has 0 amide bonds. The lowest BCUT2D eigenvalue weighted by molar-refractivity contribution is 1.24. The summed E-state index contributed by atoms with van der Waals surface area (Å²) in [5.74, 6) is 0.951. The van der Waals surface area contributed by atoms with Crippen molar-refractivity contribution in [2.45, 2.75) is 5.03 Å². The Hall–Kier alpha value is -1.15. The third-order valence-electron chi connectivity index (χ3n) is 1.86. The first kappa shape index (κ1) is 8.45. The summed E-state index contributed by atoms with van der Waals surface area (Å²) < 4.78 is 0. The van der Waals surface area contributed by atoms with Crippen molar-refractivity contribution in [3.8, 4) is 0 Å². The number of aromatic nitrogens is 1. The average Bonchev–Trinajstić information content (AvgIpc) is 2.57. The van der Waals surface area contributed by atoms with Crippen LogP contribution >= 0.6 is 11.8 Å². The number of hydrogen-bond acceptors (Lipinski definition) is 1. The van der Waals surface area contributed by atoms with E-state index in [0.717, 1.165) is 5.75 Å². The van der Waals surface area contributed by atoms with Crippen molar-refractivity contribution in [2.75, 3.05) is 5.75 Å². The smallest absolute Gasteiger partial charge is 0.0735 e. The van der Waals surface area contributed by atoms with Crippen LogP contribution in [0.15, 0.2) is 48.0 Å². The molecule has 1 N–H and O–H groups in total. The van der Waals surface area contributed by atoms with E-state index in [1.54, 1.807) is 11.8 Å². The maximum atomic E-state index is 3.69. The van der Waals surface area contributed by atoms with Crippen LogP contribution in [0.1, 0.15) is 0 Å². The van der Waals surface area contributed by atoms with Gasteiger partial charge in [-0.1, -0.05) is 24.3 Å². The zero-order valence-corrected chi connectivity index (χ0v) is 8.10. The Bertz CT molecular complexity index is 384. The molecule has 0 bridgehead atoms. The van der Waals surface area contributed by atoms with Gasteiger partial charge in [-0.15, -0.1) is 18.3 Å². The second-order valence-electron chi connectivity index (χ2n) is 2.82. The van der Waals surface area contributed by atoms with E-state index in [9.17, 15) is 0 Å². The molecule has 0 saturated carbocycles. The Balaban J connectivity index is 2.32. The van der Waals surface area contributed by atoms with E-state index in [0.29, 0.717) is 0 Å². The lowest BCUT2D eigenvalue weighted by Crippen LogP contribution is -1.71. The number of thioether (sulfide) groups is 1. The molecule has 2 heteroatoms. The average molecular weight is 189 g/mol. The normalized spacial score (nSPS) is 10.5. The second-order valence-corrected chi connectivity index (χ2v) is 3.88. The van der Waals surface area contributed by atoms with E-state index in [-0.39, 0.29) is 0 Å². The molecule has 1 nitrogen and oxygen atoms in total. The Morgan fingerprint density at radius 3 is 3.00 bits per heavy atom. The molecule has 13 heavy (non-hydrogen) atoms. The van der Waals surface area contributed by atoms with Gasteiger partial charge in [0, 0.05) is 16.7 Å². The zero-order valence-electron chi connectivity index (χ0n) is 7.29. The maximum absolute atomic E-state index is 3.69. The monoisotopic (exact) mass is 189 g/mol. The van der Waals surface area contributed by atoms with Crippen molar-refractivity contribution < 1.29 is 0 Å². The first-order chi connectivity index (χ1) is 6.40. The van der Waals surface area contributed by atoms with Gasteiger partial charge in [0.25, 0.3) is 0 Å². The molecule has 1 aromatic carbocycles. The van der Waals surface area contributed by atoms with Gasteiger partial charge >= 0.3 is 0 Å². The standard InChI is InChI=1S/C11H11NS/c1-2-7-13-11-8-9-5-3-4-6-10(9)12-11/h2-6,8,12H,1,7H2. The van der Waals surface area contributed by atoms with E-state index < -0.39 is 0 Å². The summed E-state index contributed by atoms with van der Waals surface area (Å²) in [7, 11) is 0. The zero-order chi connectivity index (χ0) is 9.10. The van der Waals surface area contributed by atoms with Crippen LogP contribution in [0, 0.1) is 0 Å². The molecule has 0 aliphatic rings. The molecular formula is C11H11NS. The van der Waals surface area contributed by atoms with E-state index in [4.69, 9.17) is 0 Å². The molecule has 66 valence electrons. The molecule has 1 heterocycles. The van der Waals surface area contributed by atoms with E-state index in [1.807, 2.05) is 12.1 Å². The van der Waals surface area contributed by atoms with Crippen LogP contribution in [0.2, 0.25) is 0 Å². The van der Waals surface area contributed by atoms with Crippen LogP contribution in [-0.4, -0.2) is 10.7 Å². The minimum atomic E-state index is 0.951. The van der Waals surface area contributed by atoms with Crippen molar-refractivity contribution in [1.29, 1.82) is 0 Å². The van der Waals surface area contributed by atoms with Crippen molar-refractivity contribution in [1.82, 2.24) is 4.98 Å². The minimum Gasteiger partial charge on any atom is -0.350 e. The highest BCUT2D eigenvalue weighted by Gasteiger charge is 1.98. The number of benzene rings is 1. The Kier molecular flexibility index (Phi) is 2.41. The number of nitrogens with one attached hydrogen (secondary N) is 1. The van der Waals surface area contributed by atoms with Gasteiger partial charge < -0.3 is 4.98 Å². The Labute approximate surface area is 81.9 Å². The molecular weight excluding hydrogens is 178 g/mol. The van der Waals surface area contributed by atoms with Crippen molar-refractivity contribution in [3.63, 3.8) is 0 Å². The summed E-state index contributed by atoms with van der Waals surface area (Å²) in [6.45, 7) is 3.69.